The second kappa shape index (κ2) is 5.71. The molecular weight excluding hydrogens is 310 g/mol. The molecule has 0 bridgehead atoms. The normalized spacial score (nSPS) is 13.3. The molecule has 1 aliphatic rings. The fourth-order valence-electron chi connectivity index (χ4n) is 3.15. The summed E-state index contributed by atoms with van der Waals surface area (Å²) in [5, 5.41) is 0. The maximum atomic E-state index is 12.5. The van der Waals surface area contributed by atoms with Gasteiger partial charge in [-0.25, -0.2) is 4.90 Å². The molecule has 0 radical (unpaired) electrons. The smallest absolute Gasteiger partial charge is 0.266 e. The van der Waals surface area contributed by atoms with Crippen LogP contribution in [0, 0.1) is 13.8 Å². The van der Waals surface area contributed by atoms with E-state index in [9.17, 15) is 9.59 Å². The molecule has 0 unspecified atom stereocenters. The van der Waals surface area contributed by atoms with Gasteiger partial charge in [0, 0.05) is 0 Å². The molecule has 3 aromatic rings. The van der Waals surface area contributed by atoms with Gasteiger partial charge in [0.2, 0.25) is 0 Å². The summed E-state index contributed by atoms with van der Waals surface area (Å²) in [4.78, 5) is 26.3. The summed E-state index contributed by atoms with van der Waals surface area (Å²) in [6.07, 6.45) is 0. The van der Waals surface area contributed by atoms with Crippen LogP contribution in [0.25, 0.3) is 11.1 Å². The quantitative estimate of drug-likeness (QED) is 0.636. The number of fused-ring (bicyclic) bond motifs is 1. The molecule has 0 saturated carbocycles. The summed E-state index contributed by atoms with van der Waals surface area (Å²) in [7, 11) is 0. The highest BCUT2D eigenvalue weighted by Crippen LogP contribution is 2.30. The predicted molar refractivity (Wildman–Crippen MR) is 98.9 cm³/mol. The van der Waals surface area contributed by atoms with Gasteiger partial charge in [0.15, 0.2) is 0 Å². The van der Waals surface area contributed by atoms with E-state index in [1.54, 1.807) is 24.3 Å². The molecule has 0 saturated heterocycles. The number of benzene rings is 3. The summed E-state index contributed by atoms with van der Waals surface area (Å²) in [6, 6.07) is 20.8. The first-order valence-electron chi connectivity index (χ1n) is 8.22. The molecule has 3 aromatic carbocycles. The van der Waals surface area contributed by atoms with E-state index in [4.69, 9.17) is 0 Å². The summed E-state index contributed by atoms with van der Waals surface area (Å²) in [5.41, 5.74) is 6.20. The lowest BCUT2D eigenvalue weighted by Gasteiger charge is -2.14. The number of hydrogen-bond acceptors (Lipinski definition) is 2. The van der Waals surface area contributed by atoms with Gasteiger partial charge >= 0.3 is 0 Å². The Morgan fingerprint density at radius 2 is 1.20 bits per heavy atom. The molecule has 0 aliphatic carbocycles. The number of aryl methyl sites for hydroxylation is 2. The maximum Gasteiger partial charge on any atom is 0.266 e. The maximum absolute atomic E-state index is 12.5. The van der Waals surface area contributed by atoms with Crippen LogP contribution in [0.4, 0.5) is 5.69 Å². The fourth-order valence-corrected chi connectivity index (χ4v) is 3.15. The molecular formula is C22H17NO2. The molecule has 0 aromatic heterocycles. The lowest BCUT2D eigenvalue weighted by molar-refractivity contribution is 0.0926. The van der Waals surface area contributed by atoms with Crippen LogP contribution in [0.15, 0.2) is 66.7 Å². The molecule has 1 heterocycles. The van der Waals surface area contributed by atoms with E-state index >= 15 is 0 Å². The SMILES string of the molecule is Cc1ccc(-c2ccc(N3C(=O)c4ccccc4C3=O)cc2)cc1C. The monoisotopic (exact) mass is 327 g/mol. The molecule has 0 N–H and O–H groups in total. The van der Waals surface area contributed by atoms with Crippen molar-refractivity contribution in [3.05, 3.63) is 89.0 Å². The summed E-state index contributed by atoms with van der Waals surface area (Å²) < 4.78 is 0. The Labute approximate surface area is 146 Å². The zero-order chi connectivity index (χ0) is 17.6. The number of imide groups is 1. The Balaban J connectivity index is 1.68. The van der Waals surface area contributed by atoms with Gasteiger partial charge < -0.3 is 0 Å². The lowest BCUT2D eigenvalue weighted by Crippen LogP contribution is -2.29. The van der Waals surface area contributed by atoms with Crippen LogP contribution in [0.3, 0.4) is 0 Å². The van der Waals surface area contributed by atoms with Crippen LogP contribution in [-0.2, 0) is 0 Å². The molecule has 3 heteroatoms. The number of hydrogen-bond donors (Lipinski definition) is 0. The number of amides is 2. The minimum atomic E-state index is -0.264. The lowest BCUT2D eigenvalue weighted by atomic mass is 10.0. The van der Waals surface area contributed by atoms with Gasteiger partial charge in [-0.15, -0.1) is 0 Å². The van der Waals surface area contributed by atoms with Gasteiger partial charge in [-0.3, -0.25) is 9.59 Å². The van der Waals surface area contributed by atoms with Crippen molar-refractivity contribution in [2.75, 3.05) is 4.90 Å². The zero-order valence-corrected chi connectivity index (χ0v) is 14.1. The minimum absolute atomic E-state index is 0.264. The summed E-state index contributed by atoms with van der Waals surface area (Å²) in [5.74, 6) is -0.529. The first-order chi connectivity index (χ1) is 12.1. The Morgan fingerprint density at radius 1 is 0.640 bits per heavy atom. The highest BCUT2D eigenvalue weighted by molar-refractivity contribution is 6.34. The molecule has 0 fully saturated rings. The highest BCUT2D eigenvalue weighted by atomic mass is 16.2. The van der Waals surface area contributed by atoms with E-state index in [0.29, 0.717) is 16.8 Å². The van der Waals surface area contributed by atoms with Gasteiger partial charge in [0.1, 0.15) is 0 Å². The third-order valence-electron chi connectivity index (χ3n) is 4.76. The van der Waals surface area contributed by atoms with Crippen LogP contribution in [0.5, 0.6) is 0 Å². The summed E-state index contributed by atoms with van der Waals surface area (Å²) in [6.45, 7) is 4.18. The Kier molecular flexibility index (Phi) is 3.50. The fraction of sp³-hybridized carbons (Fsp3) is 0.0909. The molecule has 25 heavy (non-hydrogen) atoms. The molecule has 0 spiro atoms. The van der Waals surface area contributed by atoms with Gasteiger partial charge in [0.25, 0.3) is 11.8 Å². The molecule has 3 nitrogen and oxygen atoms in total. The first kappa shape index (κ1) is 15.3. The molecule has 1 aliphatic heterocycles. The van der Waals surface area contributed by atoms with Crippen molar-refractivity contribution in [2.45, 2.75) is 13.8 Å². The van der Waals surface area contributed by atoms with Crippen LogP contribution in [0.2, 0.25) is 0 Å². The van der Waals surface area contributed by atoms with Crippen molar-refractivity contribution in [1.82, 2.24) is 0 Å². The predicted octanol–water partition coefficient (Wildman–Crippen LogP) is 4.77. The van der Waals surface area contributed by atoms with Crippen LogP contribution in [0.1, 0.15) is 31.8 Å². The number of nitrogens with zero attached hydrogens (tertiary/aromatic N) is 1. The van der Waals surface area contributed by atoms with E-state index in [1.807, 2.05) is 24.3 Å². The van der Waals surface area contributed by atoms with Crippen LogP contribution in [-0.4, -0.2) is 11.8 Å². The van der Waals surface area contributed by atoms with Crippen molar-refractivity contribution in [3.8, 4) is 11.1 Å². The second-order valence-corrected chi connectivity index (χ2v) is 6.34. The van der Waals surface area contributed by atoms with E-state index in [1.165, 1.54) is 16.0 Å². The van der Waals surface area contributed by atoms with Crippen LogP contribution < -0.4 is 4.90 Å². The second-order valence-electron chi connectivity index (χ2n) is 6.34. The minimum Gasteiger partial charge on any atom is -0.268 e. The Hall–Kier alpha value is -3.20. The van der Waals surface area contributed by atoms with E-state index < -0.39 is 0 Å². The average Bonchev–Trinajstić information content (AvgIpc) is 2.89. The first-order valence-corrected chi connectivity index (χ1v) is 8.22. The molecule has 0 atom stereocenters. The third-order valence-corrected chi connectivity index (χ3v) is 4.76. The number of anilines is 1. The largest absolute Gasteiger partial charge is 0.268 e. The van der Waals surface area contributed by atoms with Crippen molar-refractivity contribution in [1.29, 1.82) is 0 Å². The number of carbonyl (C=O) groups is 2. The van der Waals surface area contributed by atoms with Crippen molar-refractivity contribution in [2.24, 2.45) is 0 Å². The highest BCUT2D eigenvalue weighted by Gasteiger charge is 2.36. The summed E-state index contributed by atoms with van der Waals surface area (Å²) >= 11 is 0. The van der Waals surface area contributed by atoms with Crippen molar-refractivity contribution in [3.63, 3.8) is 0 Å². The average molecular weight is 327 g/mol. The standard InChI is InChI=1S/C22H17NO2/c1-14-7-8-17(13-15(14)2)16-9-11-18(12-10-16)23-21(24)19-5-3-4-6-20(19)22(23)25/h3-13H,1-2H3. The van der Waals surface area contributed by atoms with E-state index in [0.717, 1.165) is 11.1 Å². The zero-order valence-electron chi connectivity index (χ0n) is 14.1. The van der Waals surface area contributed by atoms with E-state index in [2.05, 4.69) is 32.0 Å². The molecule has 122 valence electrons. The van der Waals surface area contributed by atoms with Crippen molar-refractivity contribution >= 4 is 17.5 Å². The number of carbonyl (C=O) groups excluding carboxylic acids is 2. The van der Waals surface area contributed by atoms with Gasteiger partial charge in [-0.05, 0) is 60.4 Å². The third kappa shape index (κ3) is 2.45. The molecule has 2 amide bonds. The molecule has 4 rings (SSSR count). The topological polar surface area (TPSA) is 37.4 Å². The van der Waals surface area contributed by atoms with Gasteiger partial charge in [-0.2, -0.15) is 0 Å². The van der Waals surface area contributed by atoms with Gasteiger partial charge in [0.05, 0.1) is 16.8 Å². The van der Waals surface area contributed by atoms with Crippen molar-refractivity contribution < 1.29 is 9.59 Å². The van der Waals surface area contributed by atoms with Crippen LogP contribution >= 0.6 is 0 Å². The number of rotatable bonds is 2. The van der Waals surface area contributed by atoms with E-state index in [-0.39, 0.29) is 11.8 Å². The Bertz CT molecular complexity index is 968. The van der Waals surface area contributed by atoms with Gasteiger partial charge in [-0.1, -0.05) is 42.5 Å². The Morgan fingerprint density at radius 3 is 1.76 bits per heavy atom.